The number of sulfonamides is 1. The van der Waals surface area contributed by atoms with Crippen LogP contribution in [-0.4, -0.2) is 26.8 Å². The highest BCUT2D eigenvalue weighted by Crippen LogP contribution is 2.40. The maximum absolute atomic E-state index is 14.4. The first kappa shape index (κ1) is 28.6. The van der Waals surface area contributed by atoms with Gasteiger partial charge in [0.2, 0.25) is 0 Å². The van der Waals surface area contributed by atoms with Crippen LogP contribution in [0.5, 0.6) is 5.75 Å². The van der Waals surface area contributed by atoms with Crippen molar-refractivity contribution >= 4 is 44.7 Å². The molecule has 0 aliphatic carbocycles. The Bertz CT molecular complexity index is 1530. The van der Waals surface area contributed by atoms with E-state index in [4.69, 9.17) is 16.3 Å². The van der Waals surface area contributed by atoms with E-state index in [0.29, 0.717) is 17.2 Å². The molecule has 3 aromatic carbocycles. The van der Waals surface area contributed by atoms with Gasteiger partial charge in [0.25, 0.3) is 10.0 Å². The molecule has 0 radical (unpaired) electrons. The van der Waals surface area contributed by atoms with Crippen molar-refractivity contribution in [2.24, 2.45) is 0 Å². The zero-order valence-corrected chi connectivity index (χ0v) is 22.5. The highest BCUT2D eigenvalue weighted by Gasteiger charge is 2.37. The van der Waals surface area contributed by atoms with Gasteiger partial charge in [0.15, 0.2) is 0 Å². The SMILES string of the molecule is CC(=O)CCC1CN(S(=O)(=O)c2cccc(C(F)(F)F)c2)c2cc(C=C(C)c3c(F)cccc3Cl)ccc2O1. The predicted octanol–water partition coefficient (Wildman–Crippen LogP) is 7.38. The maximum atomic E-state index is 14.4. The monoisotopic (exact) mass is 581 g/mol. The molecule has 0 spiro atoms. The van der Waals surface area contributed by atoms with Crippen LogP contribution in [0.3, 0.4) is 0 Å². The van der Waals surface area contributed by atoms with Gasteiger partial charge in [-0.25, -0.2) is 12.8 Å². The van der Waals surface area contributed by atoms with Crippen molar-refractivity contribution in [2.45, 2.75) is 43.9 Å². The number of ketones is 1. The lowest BCUT2D eigenvalue weighted by Crippen LogP contribution is -2.43. The lowest BCUT2D eigenvalue weighted by Gasteiger charge is -2.35. The Labute approximate surface area is 228 Å². The van der Waals surface area contributed by atoms with Crippen LogP contribution in [0.15, 0.2) is 65.6 Å². The van der Waals surface area contributed by atoms with Gasteiger partial charge in [0, 0.05) is 12.0 Å². The van der Waals surface area contributed by atoms with Crippen LogP contribution in [0, 0.1) is 5.82 Å². The molecule has 1 aliphatic heterocycles. The quantitative estimate of drug-likeness (QED) is 0.216. The fourth-order valence-corrected chi connectivity index (χ4v) is 6.17. The van der Waals surface area contributed by atoms with E-state index in [0.717, 1.165) is 22.5 Å². The van der Waals surface area contributed by atoms with Crippen molar-refractivity contribution in [3.63, 3.8) is 0 Å². The molecule has 0 saturated heterocycles. The van der Waals surface area contributed by atoms with E-state index in [2.05, 4.69) is 0 Å². The first-order valence-electron chi connectivity index (χ1n) is 11.9. The molecule has 0 saturated carbocycles. The molecule has 0 aromatic heterocycles. The molecule has 11 heteroatoms. The predicted molar refractivity (Wildman–Crippen MR) is 142 cm³/mol. The van der Waals surface area contributed by atoms with Gasteiger partial charge in [-0.15, -0.1) is 0 Å². The largest absolute Gasteiger partial charge is 0.486 e. The number of alkyl halides is 3. The molecule has 1 heterocycles. The fraction of sp³-hybridized carbons (Fsp3) is 0.250. The zero-order chi connectivity index (χ0) is 28.5. The van der Waals surface area contributed by atoms with Crippen molar-refractivity contribution in [3.8, 4) is 5.75 Å². The third kappa shape index (κ3) is 6.28. The number of anilines is 1. The standard InChI is InChI=1S/C28H24ClF4NO4S/c1-17(27-23(29)7-4-8-24(27)30)13-19-10-12-26-25(14-19)34(16-21(38-26)11-9-18(2)35)39(36,37)22-6-3-5-20(15-22)28(31,32)33/h3-8,10,12-15,21H,9,11,16H2,1-2H3. The minimum absolute atomic E-state index is 0.104. The first-order chi connectivity index (χ1) is 18.3. The molecule has 1 aliphatic rings. The van der Waals surface area contributed by atoms with Gasteiger partial charge >= 0.3 is 6.18 Å². The number of rotatable bonds is 7. The summed E-state index contributed by atoms with van der Waals surface area (Å²) in [6.45, 7) is 2.83. The van der Waals surface area contributed by atoms with Gasteiger partial charge in [-0.1, -0.05) is 35.9 Å². The third-order valence-electron chi connectivity index (χ3n) is 6.22. The number of benzene rings is 3. The Morgan fingerprint density at radius 2 is 1.82 bits per heavy atom. The summed E-state index contributed by atoms with van der Waals surface area (Å²) < 4.78 is 88.8. The highest BCUT2D eigenvalue weighted by atomic mass is 35.5. The fourth-order valence-electron chi connectivity index (χ4n) is 4.32. The summed E-state index contributed by atoms with van der Waals surface area (Å²) in [5, 5.41) is 0.201. The van der Waals surface area contributed by atoms with E-state index in [1.54, 1.807) is 25.1 Å². The molecule has 39 heavy (non-hydrogen) atoms. The van der Waals surface area contributed by atoms with E-state index >= 15 is 0 Å². The second-order valence-corrected chi connectivity index (χ2v) is 11.5. The number of Topliss-reactive ketones (excluding diaryl/α,β-unsaturated/α-hetero) is 1. The molecule has 0 fully saturated rings. The van der Waals surface area contributed by atoms with Crippen molar-refractivity contribution in [2.75, 3.05) is 10.8 Å². The number of carbonyl (C=O) groups is 1. The summed E-state index contributed by atoms with van der Waals surface area (Å²) in [6.07, 6.45) is -3.47. The smallest absolute Gasteiger partial charge is 0.416 e. The topological polar surface area (TPSA) is 63.7 Å². The molecule has 0 bridgehead atoms. The van der Waals surface area contributed by atoms with Crippen LogP contribution in [0.1, 0.15) is 43.4 Å². The normalized spacial score (nSPS) is 16.0. The third-order valence-corrected chi connectivity index (χ3v) is 8.31. The summed E-state index contributed by atoms with van der Waals surface area (Å²) in [6, 6.07) is 12.5. The molecule has 206 valence electrons. The molecular weight excluding hydrogens is 558 g/mol. The van der Waals surface area contributed by atoms with E-state index in [1.165, 1.54) is 31.2 Å². The molecule has 1 atom stereocenters. The van der Waals surface area contributed by atoms with Gasteiger partial charge in [0.05, 0.1) is 27.7 Å². The highest BCUT2D eigenvalue weighted by molar-refractivity contribution is 7.92. The van der Waals surface area contributed by atoms with E-state index in [9.17, 15) is 30.8 Å². The number of hydrogen-bond acceptors (Lipinski definition) is 4. The van der Waals surface area contributed by atoms with Crippen LogP contribution in [0.25, 0.3) is 11.6 Å². The first-order valence-corrected chi connectivity index (χ1v) is 13.7. The average Bonchev–Trinajstić information content (AvgIpc) is 2.86. The summed E-state index contributed by atoms with van der Waals surface area (Å²) in [5.41, 5.74) is 0.153. The summed E-state index contributed by atoms with van der Waals surface area (Å²) in [4.78, 5) is 11.0. The molecule has 0 N–H and O–H groups in total. The van der Waals surface area contributed by atoms with E-state index in [1.807, 2.05) is 0 Å². The van der Waals surface area contributed by atoms with Gasteiger partial charge in [-0.05, 0) is 73.9 Å². The number of nitrogens with zero attached hydrogens (tertiary/aromatic N) is 1. The number of hydrogen-bond donors (Lipinski definition) is 0. The number of carbonyl (C=O) groups excluding carboxylic acids is 1. The van der Waals surface area contributed by atoms with Crippen LogP contribution in [-0.2, 0) is 21.0 Å². The van der Waals surface area contributed by atoms with Crippen molar-refractivity contribution in [3.05, 3.63) is 88.2 Å². The lowest BCUT2D eigenvalue weighted by molar-refractivity contribution is -0.137. The Morgan fingerprint density at radius 1 is 1.10 bits per heavy atom. The molecule has 5 nitrogen and oxygen atoms in total. The Hall–Kier alpha value is -3.37. The molecular formula is C28H24ClF4NO4S. The van der Waals surface area contributed by atoms with Gasteiger partial charge in [0.1, 0.15) is 23.5 Å². The Morgan fingerprint density at radius 3 is 2.49 bits per heavy atom. The number of halogens is 5. The zero-order valence-electron chi connectivity index (χ0n) is 20.9. The lowest BCUT2D eigenvalue weighted by atomic mass is 10.0. The van der Waals surface area contributed by atoms with Gasteiger partial charge < -0.3 is 9.53 Å². The van der Waals surface area contributed by atoms with Crippen molar-refractivity contribution in [1.29, 1.82) is 0 Å². The Balaban J connectivity index is 1.80. The van der Waals surface area contributed by atoms with Crippen LogP contribution in [0.4, 0.5) is 23.2 Å². The minimum atomic E-state index is -4.73. The minimum Gasteiger partial charge on any atom is -0.486 e. The molecule has 4 rings (SSSR count). The second-order valence-electron chi connectivity index (χ2n) is 9.19. The molecule has 3 aromatic rings. The van der Waals surface area contributed by atoms with Gasteiger partial charge in [-0.3, -0.25) is 4.31 Å². The summed E-state index contributed by atoms with van der Waals surface area (Å²) >= 11 is 6.18. The van der Waals surface area contributed by atoms with Crippen molar-refractivity contribution < 1.29 is 35.5 Å². The maximum Gasteiger partial charge on any atom is 0.416 e. The molecule has 0 amide bonds. The summed E-state index contributed by atoms with van der Waals surface area (Å²) in [7, 11) is -4.47. The van der Waals surface area contributed by atoms with Crippen LogP contribution in [0.2, 0.25) is 5.02 Å². The number of fused-ring (bicyclic) bond motifs is 1. The van der Waals surface area contributed by atoms with Crippen molar-refractivity contribution in [1.82, 2.24) is 0 Å². The summed E-state index contributed by atoms with van der Waals surface area (Å²) in [5.74, 6) is -0.455. The van der Waals surface area contributed by atoms with E-state index in [-0.39, 0.29) is 47.2 Å². The van der Waals surface area contributed by atoms with Crippen LogP contribution < -0.4 is 9.04 Å². The number of allylic oxidation sites excluding steroid dienone is 1. The Kier molecular flexibility index (Phi) is 8.09. The van der Waals surface area contributed by atoms with Crippen LogP contribution >= 0.6 is 11.6 Å². The van der Waals surface area contributed by atoms with Gasteiger partial charge in [-0.2, -0.15) is 13.2 Å². The van der Waals surface area contributed by atoms with E-state index < -0.39 is 38.6 Å². The molecule has 1 unspecified atom stereocenters. The average molecular weight is 582 g/mol. The second kappa shape index (κ2) is 11.0. The number of ether oxygens (including phenoxy) is 1.